The van der Waals surface area contributed by atoms with E-state index in [0.29, 0.717) is 51.4 Å². The maximum Gasteiger partial charge on any atom is 0.248 e. The minimum Gasteiger partial charge on any atom is -0.490 e. The van der Waals surface area contributed by atoms with Crippen molar-refractivity contribution in [1.29, 1.82) is 0 Å². The molecular formula is C22H21BrClN5O3. The maximum atomic E-state index is 12.5. The van der Waals surface area contributed by atoms with Crippen LogP contribution in [0.25, 0.3) is 0 Å². The van der Waals surface area contributed by atoms with E-state index in [1.807, 2.05) is 50.2 Å². The van der Waals surface area contributed by atoms with Crippen LogP contribution in [0.15, 0.2) is 52.1 Å². The van der Waals surface area contributed by atoms with Crippen LogP contribution in [0.3, 0.4) is 0 Å². The molecule has 1 aliphatic rings. The van der Waals surface area contributed by atoms with Gasteiger partial charge in [0.05, 0.1) is 11.1 Å². The Kier molecular flexibility index (Phi) is 6.48. The molecular weight excluding hydrogens is 498 g/mol. The van der Waals surface area contributed by atoms with Crippen molar-refractivity contribution in [1.82, 2.24) is 20.2 Å². The van der Waals surface area contributed by atoms with Crippen LogP contribution in [0.4, 0.5) is 5.95 Å². The van der Waals surface area contributed by atoms with Gasteiger partial charge in [0.25, 0.3) is 0 Å². The summed E-state index contributed by atoms with van der Waals surface area (Å²) in [5.74, 6) is 1.52. The van der Waals surface area contributed by atoms with Crippen molar-refractivity contribution in [3.63, 3.8) is 0 Å². The van der Waals surface area contributed by atoms with Crippen molar-refractivity contribution in [2.75, 3.05) is 11.9 Å². The molecule has 1 N–H and O–H groups in total. The molecule has 0 saturated heterocycles. The van der Waals surface area contributed by atoms with Gasteiger partial charge in [-0.2, -0.15) is 4.68 Å². The maximum absolute atomic E-state index is 12.5. The molecule has 1 aromatic heterocycles. The Morgan fingerprint density at radius 2 is 2.00 bits per heavy atom. The smallest absolute Gasteiger partial charge is 0.248 e. The second-order valence-corrected chi connectivity index (χ2v) is 8.54. The summed E-state index contributed by atoms with van der Waals surface area (Å²) in [6.45, 7) is 6.06. The number of aromatic nitrogens is 4. The summed E-state index contributed by atoms with van der Waals surface area (Å²) in [7, 11) is 0. The molecule has 0 aliphatic carbocycles. The highest BCUT2D eigenvalue weighted by molar-refractivity contribution is 9.10. The number of benzene rings is 2. The van der Waals surface area contributed by atoms with Gasteiger partial charge in [-0.1, -0.05) is 28.8 Å². The molecule has 2 aromatic carbocycles. The molecule has 2 heterocycles. The number of halogens is 2. The molecule has 166 valence electrons. The molecule has 0 bridgehead atoms. The van der Waals surface area contributed by atoms with Crippen molar-refractivity contribution >= 4 is 39.3 Å². The minimum atomic E-state index is -0.500. The van der Waals surface area contributed by atoms with Gasteiger partial charge in [-0.25, -0.2) is 0 Å². The van der Waals surface area contributed by atoms with Gasteiger partial charge in [0.15, 0.2) is 17.3 Å². The molecule has 1 aliphatic heterocycles. The third kappa shape index (κ3) is 4.35. The Balaban J connectivity index is 1.74. The molecule has 1 atom stereocenters. The topological polar surface area (TPSA) is 91.2 Å². The number of carbonyl (C=O) groups excluding carboxylic acids is 1. The SMILES string of the molecule is CCOc1cc(C2C(C(C)=O)=C(C)Nc3nnnn32)cc(Br)c1OCc1ccc(Cl)cc1. The molecule has 32 heavy (non-hydrogen) atoms. The molecule has 0 amide bonds. The zero-order chi connectivity index (χ0) is 22.8. The molecule has 1 unspecified atom stereocenters. The number of ether oxygens (including phenoxy) is 2. The van der Waals surface area contributed by atoms with Crippen molar-refractivity contribution < 1.29 is 14.3 Å². The van der Waals surface area contributed by atoms with Gasteiger partial charge in [-0.05, 0) is 82.5 Å². The van der Waals surface area contributed by atoms with Gasteiger partial charge in [-0.15, -0.1) is 0 Å². The third-order valence-electron chi connectivity index (χ3n) is 5.04. The fourth-order valence-electron chi connectivity index (χ4n) is 3.66. The van der Waals surface area contributed by atoms with Crippen LogP contribution in [0.5, 0.6) is 11.5 Å². The lowest BCUT2D eigenvalue weighted by molar-refractivity contribution is -0.114. The zero-order valence-corrected chi connectivity index (χ0v) is 20.1. The second kappa shape index (κ2) is 9.30. The predicted octanol–water partition coefficient (Wildman–Crippen LogP) is 4.94. The highest BCUT2D eigenvalue weighted by Gasteiger charge is 2.33. The quantitative estimate of drug-likeness (QED) is 0.473. The van der Waals surface area contributed by atoms with Gasteiger partial charge in [0.1, 0.15) is 12.6 Å². The number of fused-ring (bicyclic) bond motifs is 1. The van der Waals surface area contributed by atoms with Crippen LogP contribution in [-0.2, 0) is 11.4 Å². The fourth-order valence-corrected chi connectivity index (χ4v) is 4.36. The third-order valence-corrected chi connectivity index (χ3v) is 5.88. The highest BCUT2D eigenvalue weighted by Crippen LogP contribution is 2.43. The van der Waals surface area contributed by atoms with Crippen LogP contribution in [0.1, 0.15) is 37.9 Å². The number of rotatable bonds is 7. The first-order valence-corrected chi connectivity index (χ1v) is 11.2. The number of ketones is 1. The first kappa shape index (κ1) is 22.3. The van der Waals surface area contributed by atoms with E-state index in [-0.39, 0.29) is 5.78 Å². The standard InChI is InChI=1S/C22H21BrClN5O3/c1-4-31-18-10-15(9-17(23)21(18)32-11-14-5-7-16(24)8-6-14)20-19(13(3)30)12(2)25-22-26-27-28-29(20)22/h5-10,20H,4,11H2,1-3H3,(H,25,26,28). The summed E-state index contributed by atoms with van der Waals surface area (Å²) >= 11 is 9.59. The number of nitrogens with zero attached hydrogens (tertiary/aromatic N) is 4. The van der Waals surface area contributed by atoms with Gasteiger partial charge in [0.2, 0.25) is 5.95 Å². The lowest BCUT2D eigenvalue weighted by Gasteiger charge is -2.28. The first-order valence-electron chi connectivity index (χ1n) is 9.99. The van der Waals surface area contributed by atoms with Crippen LogP contribution in [-0.4, -0.2) is 32.6 Å². The number of nitrogens with one attached hydrogen (secondary N) is 1. The molecule has 0 radical (unpaired) electrons. The van der Waals surface area contributed by atoms with Crippen molar-refractivity contribution in [3.8, 4) is 11.5 Å². The van der Waals surface area contributed by atoms with Crippen LogP contribution >= 0.6 is 27.5 Å². The monoisotopic (exact) mass is 517 g/mol. The van der Waals surface area contributed by atoms with Crippen molar-refractivity contribution in [2.45, 2.75) is 33.4 Å². The van der Waals surface area contributed by atoms with E-state index in [4.69, 9.17) is 21.1 Å². The Hall–Kier alpha value is -2.91. The number of tetrazole rings is 1. The summed E-state index contributed by atoms with van der Waals surface area (Å²) in [5.41, 5.74) is 3.05. The van der Waals surface area contributed by atoms with E-state index in [2.05, 4.69) is 36.8 Å². The summed E-state index contributed by atoms with van der Waals surface area (Å²) in [5, 5.41) is 15.6. The van der Waals surface area contributed by atoms with E-state index in [0.717, 1.165) is 11.1 Å². The molecule has 0 spiro atoms. The molecule has 10 heteroatoms. The lowest BCUT2D eigenvalue weighted by Crippen LogP contribution is -2.28. The van der Waals surface area contributed by atoms with E-state index in [1.165, 1.54) is 6.92 Å². The predicted molar refractivity (Wildman–Crippen MR) is 124 cm³/mol. The number of hydrogen-bond donors (Lipinski definition) is 1. The second-order valence-electron chi connectivity index (χ2n) is 7.25. The Bertz CT molecular complexity index is 1190. The number of anilines is 1. The summed E-state index contributed by atoms with van der Waals surface area (Å²) in [6.07, 6.45) is 0. The summed E-state index contributed by atoms with van der Waals surface area (Å²) in [6, 6.07) is 10.7. The number of hydrogen-bond acceptors (Lipinski definition) is 7. The van der Waals surface area contributed by atoms with Gasteiger partial charge < -0.3 is 14.8 Å². The normalized spacial score (nSPS) is 15.2. The summed E-state index contributed by atoms with van der Waals surface area (Å²) in [4.78, 5) is 12.5. The molecule has 0 saturated carbocycles. The van der Waals surface area contributed by atoms with Gasteiger partial charge in [-0.3, -0.25) is 4.79 Å². The van der Waals surface area contributed by atoms with Crippen LogP contribution < -0.4 is 14.8 Å². The highest BCUT2D eigenvalue weighted by atomic mass is 79.9. The Morgan fingerprint density at radius 1 is 1.25 bits per heavy atom. The minimum absolute atomic E-state index is 0.0710. The van der Waals surface area contributed by atoms with Crippen LogP contribution in [0.2, 0.25) is 5.02 Å². The Labute approximate surface area is 198 Å². The van der Waals surface area contributed by atoms with Crippen LogP contribution in [0, 0.1) is 0 Å². The van der Waals surface area contributed by atoms with E-state index >= 15 is 0 Å². The van der Waals surface area contributed by atoms with E-state index in [9.17, 15) is 4.79 Å². The summed E-state index contributed by atoms with van der Waals surface area (Å²) < 4.78 is 14.3. The number of allylic oxidation sites excluding steroid dienone is 2. The van der Waals surface area contributed by atoms with Gasteiger partial charge in [0, 0.05) is 16.3 Å². The van der Waals surface area contributed by atoms with E-state index in [1.54, 1.807) is 4.68 Å². The number of Topliss-reactive ketones (excluding diaryl/α,β-unsaturated/α-hetero) is 1. The molecule has 4 rings (SSSR count). The average molecular weight is 519 g/mol. The van der Waals surface area contributed by atoms with Gasteiger partial charge >= 0.3 is 0 Å². The Morgan fingerprint density at radius 3 is 2.69 bits per heavy atom. The number of carbonyl (C=O) groups is 1. The lowest BCUT2D eigenvalue weighted by atomic mass is 9.93. The molecule has 3 aromatic rings. The zero-order valence-electron chi connectivity index (χ0n) is 17.7. The van der Waals surface area contributed by atoms with E-state index < -0.39 is 6.04 Å². The molecule has 0 fully saturated rings. The molecule has 8 nitrogen and oxygen atoms in total. The van der Waals surface area contributed by atoms with Crippen molar-refractivity contribution in [2.24, 2.45) is 0 Å². The average Bonchev–Trinajstić information content (AvgIpc) is 3.21. The van der Waals surface area contributed by atoms with Crippen molar-refractivity contribution in [3.05, 3.63) is 68.3 Å². The largest absolute Gasteiger partial charge is 0.490 e. The first-order chi connectivity index (χ1) is 15.4. The fraction of sp³-hybridized carbons (Fsp3) is 0.273.